The van der Waals surface area contributed by atoms with Gasteiger partial charge in [0.2, 0.25) is 0 Å². The van der Waals surface area contributed by atoms with Gasteiger partial charge in [-0.15, -0.1) is 0 Å². The first-order chi connectivity index (χ1) is 7.90. The third kappa shape index (κ3) is 0.593. The maximum atomic E-state index is 8.98. The van der Waals surface area contributed by atoms with Crippen LogP contribution in [0.5, 0.6) is 0 Å². The zero-order valence-electron chi connectivity index (χ0n) is 8.80. The Labute approximate surface area is 94.4 Å². The van der Waals surface area contributed by atoms with Gasteiger partial charge in [-0.25, -0.2) is 0 Å². The van der Waals surface area contributed by atoms with Crippen molar-refractivity contribution in [1.82, 2.24) is 0 Å². The molecule has 0 heterocycles. The summed E-state index contributed by atoms with van der Waals surface area (Å²) >= 11 is 0. The van der Waals surface area contributed by atoms with Gasteiger partial charge >= 0.3 is 0 Å². The fourth-order valence-electron chi connectivity index (χ4n) is 4.75. The molecule has 1 aromatic rings. The molecule has 76 valence electrons. The summed E-state index contributed by atoms with van der Waals surface area (Å²) in [7, 11) is 0. The quantitative estimate of drug-likeness (QED) is 0.597. The fourth-order valence-corrected chi connectivity index (χ4v) is 4.75. The molecule has 0 N–H and O–H groups in total. The molecule has 5 rings (SSSR count). The Morgan fingerprint density at radius 2 is 1.81 bits per heavy atom. The number of benzene rings is 1. The second kappa shape index (κ2) is 2.11. The molecule has 0 radical (unpaired) electrons. The Kier molecular flexibility index (Phi) is 1.01. The van der Waals surface area contributed by atoms with Crippen molar-refractivity contribution in [3.05, 3.63) is 47.0 Å². The van der Waals surface area contributed by atoms with Gasteiger partial charge in [0.1, 0.15) is 0 Å². The first-order valence-electron chi connectivity index (χ1n) is 6.12. The lowest BCUT2D eigenvalue weighted by atomic mass is 9.76. The second-order valence-corrected chi connectivity index (χ2v) is 5.70. The first kappa shape index (κ1) is 7.68. The number of hydrogen-bond donors (Lipinski definition) is 0. The fraction of sp³-hybridized carbons (Fsp3) is 0.400. The minimum atomic E-state index is 0.758. The predicted octanol–water partition coefficient (Wildman–Crippen LogP) is 2.80. The van der Waals surface area contributed by atoms with Gasteiger partial charge < -0.3 is 0 Å². The van der Waals surface area contributed by atoms with Gasteiger partial charge in [-0.1, -0.05) is 18.2 Å². The largest absolute Gasteiger partial charge is 0.192 e. The molecule has 4 aliphatic rings. The Hall–Kier alpha value is -1.55. The summed E-state index contributed by atoms with van der Waals surface area (Å²) in [5, 5.41) is 8.98. The molecule has 1 aromatic carbocycles. The monoisotopic (exact) mass is 205 g/mol. The highest BCUT2D eigenvalue weighted by Gasteiger charge is 2.71. The van der Waals surface area contributed by atoms with Crippen LogP contribution in [-0.4, -0.2) is 0 Å². The molecule has 0 unspecified atom stereocenters. The lowest BCUT2D eigenvalue weighted by Gasteiger charge is -2.28. The Morgan fingerprint density at radius 3 is 2.56 bits per heavy atom. The highest BCUT2D eigenvalue weighted by Crippen LogP contribution is 2.80. The minimum absolute atomic E-state index is 0.758. The Bertz CT molecular complexity index is 592. The topological polar surface area (TPSA) is 23.8 Å². The highest BCUT2D eigenvalue weighted by molar-refractivity contribution is 5.56. The van der Waals surface area contributed by atoms with Gasteiger partial charge in [-0.3, -0.25) is 0 Å². The molecule has 0 aromatic heterocycles. The first-order valence-corrected chi connectivity index (χ1v) is 6.12. The van der Waals surface area contributed by atoms with Gasteiger partial charge in [0.25, 0.3) is 0 Å². The van der Waals surface area contributed by atoms with E-state index in [9.17, 15) is 0 Å². The van der Waals surface area contributed by atoms with E-state index >= 15 is 0 Å². The van der Waals surface area contributed by atoms with Gasteiger partial charge in [-0.05, 0) is 58.8 Å². The normalized spacial score (nSPS) is 47.7. The van der Waals surface area contributed by atoms with E-state index in [1.165, 1.54) is 5.56 Å². The van der Waals surface area contributed by atoms with E-state index < -0.39 is 0 Å². The SMILES string of the molecule is N#Cc1ccc2c(c1)[C@@H]1[C@H]3C=C[C@@H]3[C@@H]3[C@@H]2[C@@H]13. The molecule has 4 aliphatic carbocycles. The van der Waals surface area contributed by atoms with Crippen LogP contribution in [0.4, 0.5) is 0 Å². The van der Waals surface area contributed by atoms with Crippen LogP contribution >= 0.6 is 0 Å². The number of nitriles is 1. The number of hydrogen-bond acceptors (Lipinski definition) is 1. The van der Waals surface area contributed by atoms with Gasteiger partial charge in [0.15, 0.2) is 0 Å². The standard InChI is InChI=1S/C15H11N/c16-6-7-1-2-10-11(5-7)12-8-3-4-9(8)13-14(10)15(12)13/h1-5,8-9,12-15H/t8-,9-,12-,13+,14+,15-/m0/s1. The van der Waals surface area contributed by atoms with Crippen molar-refractivity contribution in [2.24, 2.45) is 23.7 Å². The number of allylic oxidation sites excluding steroid dienone is 2. The Balaban J connectivity index is 1.75. The molecule has 2 fully saturated rings. The summed E-state index contributed by atoms with van der Waals surface area (Å²) in [4.78, 5) is 0. The zero-order valence-corrected chi connectivity index (χ0v) is 8.80. The minimum Gasteiger partial charge on any atom is -0.192 e. The number of fused-ring (bicyclic) bond motifs is 7. The van der Waals surface area contributed by atoms with Crippen molar-refractivity contribution in [2.75, 3.05) is 0 Å². The van der Waals surface area contributed by atoms with Crippen molar-refractivity contribution in [3.63, 3.8) is 0 Å². The van der Waals surface area contributed by atoms with Crippen LogP contribution in [0.2, 0.25) is 0 Å². The maximum Gasteiger partial charge on any atom is 0.0991 e. The molecular weight excluding hydrogens is 194 g/mol. The highest BCUT2D eigenvalue weighted by atomic mass is 14.7. The molecule has 6 atom stereocenters. The van der Waals surface area contributed by atoms with Crippen LogP contribution in [0.1, 0.15) is 28.5 Å². The zero-order chi connectivity index (χ0) is 10.4. The van der Waals surface area contributed by atoms with Gasteiger partial charge in [0.05, 0.1) is 11.6 Å². The van der Waals surface area contributed by atoms with Crippen molar-refractivity contribution in [2.45, 2.75) is 11.8 Å². The van der Waals surface area contributed by atoms with E-state index in [0.29, 0.717) is 0 Å². The van der Waals surface area contributed by atoms with Crippen molar-refractivity contribution in [3.8, 4) is 6.07 Å². The molecule has 2 saturated carbocycles. The van der Waals surface area contributed by atoms with E-state index in [2.05, 4.69) is 30.4 Å². The van der Waals surface area contributed by atoms with Gasteiger partial charge in [-0.2, -0.15) is 5.26 Å². The molecule has 0 aliphatic heterocycles. The van der Waals surface area contributed by atoms with Crippen LogP contribution in [0.3, 0.4) is 0 Å². The van der Waals surface area contributed by atoms with Crippen molar-refractivity contribution in [1.29, 1.82) is 5.26 Å². The van der Waals surface area contributed by atoms with E-state index in [1.807, 2.05) is 6.07 Å². The third-order valence-corrected chi connectivity index (χ3v) is 5.34. The summed E-state index contributed by atoms with van der Waals surface area (Å²) in [6, 6.07) is 8.63. The van der Waals surface area contributed by atoms with Crippen LogP contribution in [-0.2, 0) is 0 Å². The van der Waals surface area contributed by atoms with Crippen molar-refractivity contribution < 1.29 is 0 Å². The lowest BCUT2D eigenvalue weighted by Crippen LogP contribution is -2.20. The average Bonchev–Trinajstić information content (AvgIpc) is 2.81. The summed E-state index contributed by atoms with van der Waals surface area (Å²) in [6.07, 6.45) is 4.81. The maximum absolute atomic E-state index is 8.98. The molecule has 16 heavy (non-hydrogen) atoms. The molecule has 1 heteroatoms. The summed E-state index contributed by atoms with van der Waals surface area (Å²) < 4.78 is 0. The van der Waals surface area contributed by atoms with Crippen LogP contribution in [0.25, 0.3) is 0 Å². The summed E-state index contributed by atoms with van der Waals surface area (Å²) in [5.41, 5.74) is 3.90. The molecule has 1 nitrogen and oxygen atoms in total. The smallest absolute Gasteiger partial charge is 0.0991 e. The molecule has 0 bridgehead atoms. The Morgan fingerprint density at radius 1 is 0.938 bits per heavy atom. The second-order valence-electron chi connectivity index (χ2n) is 5.70. The van der Waals surface area contributed by atoms with E-state index in [4.69, 9.17) is 5.26 Å². The lowest BCUT2D eigenvalue weighted by molar-refractivity contribution is 0.398. The molecule has 0 saturated heterocycles. The average molecular weight is 205 g/mol. The molecule has 0 amide bonds. The van der Waals surface area contributed by atoms with Crippen LogP contribution in [0, 0.1) is 35.0 Å². The predicted molar refractivity (Wildman–Crippen MR) is 59.7 cm³/mol. The molecule has 0 spiro atoms. The van der Waals surface area contributed by atoms with E-state index in [0.717, 1.165) is 41.1 Å². The van der Waals surface area contributed by atoms with E-state index in [1.54, 1.807) is 5.56 Å². The number of nitrogens with zero attached hydrogens (tertiary/aromatic N) is 1. The third-order valence-electron chi connectivity index (χ3n) is 5.34. The van der Waals surface area contributed by atoms with Crippen molar-refractivity contribution >= 4 is 0 Å². The van der Waals surface area contributed by atoms with Gasteiger partial charge in [0, 0.05) is 0 Å². The molecular formula is C15H11N. The summed E-state index contributed by atoms with van der Waals surface area (Å²) in [6.45, 7) is 0. The van der Waals surface area contributed by atoms with Crippen LogP contribution in [0.15, 0.2) is 30.4 Å². The summed E-state index contributed by atoms with van der Waals surface area (Å²) in [5.74, 6) is 5.17. The number of rotatable bonds is 0. The van der Waals surface area contributed by atoms with E-state index in [-0.39, 0.29) is 0 Å². The van der Waals surface area contributed by atoms with Crippen LogP contribution < -0.4 is 0 Å².